The van der Waals surface area contributed by atoms with Crippen LogP contribution < -0.4 is 5.32 Å². The number of carbonyl (C=O) groups is 2. The molecular formula is C17H16N2O3. The Balaban J connectivity index is 1.98. The van der Waals surface area contributed by atoms with Crippen LogP contribution in [0.15, 0.2) is 36.5 Å². The van der Waals surface area contributed by atoms with E-state index in [9.17, 15) is 9.59 Å². The number of methoxy groups -OCH3 is 1. The second kappa shape index (κ2) is 5.89. The van der Waals surface area contributed by atoms with Crippen molar-refractivity contribution in [3.05, 3.63) is 53.3 Å². The summed E-state index contributed by atoms with van der Waals surface area (Å²) in [5.41, 5.74) is 4.08. The molecule has 112 valence electrons. The number of H-pyrrole nitrogens is 1. The number of carbonyl (C=O) groups excluding carboxylic acids is 2. The van der Waals surface area contributed by atoms with E-state index in [0.717, 1.165) is 22.5 Å². The molecule has 0 fully saturated rings. The van der Waals surface area contributed by atoms with Crippen LogP contribution in [-0.2, 0) is 20.7 Å². The summed E-state index contributed by atoms with van der Waals surface area (Å²) in [4.78, 5) is 26.6. The van der Waals surface area contributed by atoms with Crippen molar-refractivity contribution in [2.45, 2.75) is 12.8 Å². The van der Waals surface area contributed by atoms with E-state index in [0.29, 0.717) is 12.0 Å². The van der Waals surface area contributed by atoms with Gasteiger partial charge in [0.15, 0.2) is 0 Å². The van der Waals surface area contributed by atoms with E-state index >= 15 is 0 Å². The van der Waals surface area contributed by atoms with Crippen LogP contribution in [0.4, 0.5) is 5.69 Å². The maximum atomic E-state index is 12.2. The second-order valence-electron chi connectivity index (χ2n) is 5.05. The molecule has 5 nitrogen and oxygen atoms in total. The van der Waals surface area contributed by atoms with Crippen molar-refractivity contribution >= 4 is 29.2 Å². The minimum absolute atomic E-state index is 0.130. The largest absolute Gasteiger partial charge is 0.469 e. The van der Waals surface area contributed by atoms with Gasteiger partial charge in [-0.05, 0) is 36.3 Å². The van der Waals surface area contributed by atoms with Gasteiger partial charge in [0.05, 0.1) is 12.7 Å². The van der Waals surface area contributed by atoms with Gasteiger partial charge in [-0.3, -0.25) is 9.59 Å². The van der Waals surface area contributed by atoms with Gasteiger partial charge < -0.3 is 15.0 Å². The number of esters is 1. The number of anilines is 1. The Labute approximate surface area is 128 Å². The van der Waals surface area contributed by atoms with Gasteiger partial charge >= 0.3 is 5.97 Å². The van der Waals surface area contributed by atoms with E-state index in [1.54, 1.807) is 0 Å². The van der Waals surface area contributed by atoms with Crippen molar-refractivity contribution in [1.82, 2.24) is 4.98 Å². The van der Waals surface area contributed by atoms with Crippen molar-refractivity contribution in [3.8, 4) is 0 Å². The Hall–Kier alpha value is -2.82. The Kier molecular flexibility index (Phi) is 3.78. The molecule has 1 aliphatic heterocycles. The summed E-state index contributed by atoms with van der Waals surface area (Å²) in [6.07, 6.45) is 4.45. The van der Waals surface area contributed by atoms with E-state index in [-0.39, 0.29) is 18.3 Å². The fourth-order valence-electron chi connectivity index (χ4n) is 2.60. The number of benzene rings is 1. The maximum absolute atomic E-state index is 12.2. The number of hydrogen-bond acceptors (Lipinski definition) is 3. The number of rotatable bonds is 4. The number of aryl methyl sites for hydroxylation is 1. The van der Waals surface area contributed by atoms with Crippen molar-refractivity contribution in [2.24, 2.45) is 0 Å². The Morgan fingerprint density at radius 1 is 1.27 bits per heavy atom. The van der Waals surface area contributed by atoms with Gasteiger partial charge in [0.2, 0.25) is 0 Å². The van der Waals surface area contributed by atoms with E-state index in [1.807, 2.05) is 42.6 Å². The molecular weight excluding hydrogens is 280 g/mol. The van der Waals surface area contributed by atoms with Gasteiger partial charge in [-0.25, -0.2) is 0 Å². The number of fused-ring (bicyclic) bond motifs is 1. The smallest absolute Gasteiger partial charge is 0.305 e. The molecule has 0 radical (unpaired) electrons. The number of aromatic amines is 1. The quantitative estimate of drug-likeness (QED) is 0.673. The summed E-state index contributed by atoms with van der Waals surface area (Å²) in [5.74, 6) is -0.389. The minimum atomic E-state index is -0.259. The molecule has 2 N–H and O–H groups in total. The van der Waals surface area contributed by atoms with Crippen LogP contribution in [-0.4, -0.2) is 24.0 Å². The predicted octanol–water partition coefficient (Wildman–Crippen LogP) is 2.61. The summed E-state index contributed by atoms with van der Waals surface area (Å²) in [7, 11) is 1.37. The first kappa shape index (κ1) is 14.1. The number of hydrogen-bond donors (Lipinski definition) is 2. The molecule has 1 amide bonds. The van der Waals surface area contributed by atoms with Crippen LogP contribution >= 0.6 is 0 Å². The van der Waals surface area contributed by atoms with Crippen LogP contribution in [0.2, 0.25) is 0 Å². The van der Waals surface area contributed by atoms with E-state index in [1.165, 1.54) is 7.11 Å². The Morgan fingerprint density at radius 2 is 2.14 bits per heavy atom. The average molecular weight is 296 g/mol. The van der Waals surface area contributed by atoms with E-state index < -0.39 is 0 Å². The average Bonchev–Trinajstić information content (AvgIpc) is 3.14. The van der Waals surface area contributed by atoms with E-state index in [2.05, 4.69) is 15.0 Å². The van der Waals surface area contributed by atoms with Gasteiger partial charge in [-0.2, -0.15) is 0 Å². The third-order valence-corrected chi connectivity index (χ3v) is 3.66. The Morgan fingerprint density at radius 3 is 2.86 bits per heavy atom. The first-order valence-corrected chi connectivity index (χ1v) is 7.04. The van der Waals surface area contributed by atoms with Crippen molar-refractivity contribution in [3.63, 3.8) is 0 Å². The highest BCUT2D eigenvalue weighted by atomic mass is 16.5. The third kappa shape index (κ3) is 2.65. The highest BCUT2D eigenvalue weighted by Crippen LogP contribution is 2.36. The van der Waals surface area contributed by atoms with Gasteiger partial charge in [-0.15, -0.1) is 0 Å². The molecule has 2 aromatic rings. The lowest BCUT2D eigenvalue weighted by Crippen LogP contribution is -2.04. The van der Waals surface area contributed by atoms with E-state index in [4.69, 9.17) is 0 Å². The molecule has 22 heavy (non-hydrogen) atoms. The zero-order valence-electron chi connectivity index (χ0n) is 12.2. The van der Waals surface area contributed by atoms with Crippen LogP contribution in [0.1, 0.15) is 23.2 Å². The van der Waals surface area contributed by atoms with Crippen molar-refractivity contribution in [1.29, 1.82) is 0 Å². The summed E-state index contributed by atoms with van der Waals surface area (Å²) in [6.45, 7) is 0. The molecule has 0 spiro atoms. The first-order chi connectivity index (χ1) is 10.7. The summed E-state index contributed by atoms with van der Waals surface area (Å²) in [6, 6.07) is 9.46. The monoisotopic (exact) mass is 296 g/mol. The second-order valence-corrected chi connectivity index (χ2v) is 5.05. The van der Waals surface area contributed by atoms with Crippen molar-refractivity contribution in [2.75, 3.05) is 12.4 Å². The fraction of sp³-hybridized carbons (Fsp3) is 0.176. The molecule has 3 rings (SSSR count). The molecule has 0 saturated carbocycles. The molecule has 1 aromatic carbocycles. The number of nitrogens with one attached hydrogen (secondary N) is 2. The van der Waals surface area contributed by atoms with Crippen LogP contribution in [0, 0.1) is 0 Å². The molecule has 2 heterocycles. The maximum Gasteiger partial charge on any atom is 0.305 e. The molecule has 0 saturated heterocycles. The lowest BCUT2D eigenvalue weighted by atomic mass is 9.96. The molecule has 0 bridgehead atoms. The normalized spacial score (nSPS) is 14.8. The number of aromatic nitrogens is 1. The van der Waals surface area contributed by atoms with Crippen LogP contribution in [0.25, 0.3) is 11.6 Å². The molecule has 0 unspecified atom stereocenters. The minimum Gasteiger partial charge on any atom is -0.469 e. The standard InChI is InChI=1S/C17H16N2O3/c1-22-15(20)8-7-11-4-2-6-14-16(11)13(17(21)19-14)10-12-5-3-9-18-12/h2-6,9-10,18H,7-8H2,1H3,(H,19,21)/b13-10-. The van der Waals surface area contributed by atoms with Crippen molar-refractivity contribution < 1.29 is 14.3 Å². The van der Waals surface area contributed by atoms with Gasteiger partial charge in [-0.1, -0.05) is 12.1 Å². The third-order valence-electron chi connectivity index (χ3n) is 3.66. The molecule has 5 heteroatoms. The summed E-state index contributed by atoms with van der Waals surface area (Å²) >= 11 is 0. The Bertz CT molecular complexity index is 745. The highest BCUT2D eigenvalue weighted by Gasteiger charge is 2.26. The van der Waals surface area contributed by atoms with Gasteiger partial charge in [0.1, 0.15) is 0 Å². The van der Waals surface area contributed by atoms with Gasteiger partial charge in [0, 0.05) is 29.6 Å². The predicted molar refractivity (Wildman–Crippen MR) is 84.1 cm³/mol. The van der Waals surface area contributed by atoms with Gasteiger partial charge in [0.25, 0.3) is 5.91 Å². The summed E-state index contributed by atoms with van der Waals surface area (Å²) < 4.78 is 4.68. The SMILES string of the molecule is COC(=O)CCc1cccc2c1/C(=C/c1ccc[nH]1)C(=O)N2. The molecule has 0 aliphatic carbocycles. The zero-order chi connectivity index (χ0) is 15.5. The number of amides is 1. The lowest BCUT2D eigenvalue weighted by molar-refractivity contribution is -0.140. The molecule has 0 atom stereocenters. The highest BCUT2D eigenvalue weighted by molar-refractivity contribution is 6.35. The molecule has 1 aromatic heterocycles. The topological polar surface area (TPSA) is 71.2 Å². The van der Waals surface area contributed by atoms with Crippen LogP contribution in [0.5, 0.6) is 0 Å². The first-order valence-electron chi connectivity index (χ1n) is 7.04. The molecule has 1 aliphatic rings. The van der Waals surface area contributed by atoms with Crippen LogP contribution in [0.3, 0.4) is 0 Å². The zero-order valence-corrected chi connectivity index (χ0v) is 12.2. The fourth-order valence-corrected chi connectivity index (χ4v) is 2.60. The lowest BCUT2D eigenvalue weighted by Gasteiger charge is -2.07. The number of ether oxygens (including phenoxy) is 1. The summed E-state index contributed by atoms with van der Waals surface area (Å²) in [5, 5.41) is 2.86.